The van der Waals surface area contributed by atoms with Gasteiger partial charge in [-0.2, -0.15) is 0 Å². The van der Waals surface area contributed by atoms with E-state index in [1.54, 1.807) is 6.07 Å². The number of halogens is 2. The molecule has 2 aliphatic heterocycles. The first-order valence-electron chi connectivity index (χ1n) is 9.68. The van der Waals surface area contributed by atoms with E-state index in [9.17, 15) is 9.90 Å². The van der Waals surface area contributed by atoms with Crippen LogP contribution in [-0.4, -0.2) is 47.7 Å². The first-order valence-corrected chi connectivity index (χ1v) is 10.4. The highest BCUT2D eigenvalue weighted by molar-refractivity contribution is 6.43. The number of aliphatic hydroxyl groups is 1. The van der Waals surface area contributed by atoms with E-state index < -0.39 is 0 Å². The highest BCUT2D eigenvalue weighted by Crippen LogP contribution is 2.45. The molecule has 26 heavy (non-hydrogen) atoms. The molecule has 0 radical (unpaired) electrons. The van der Waals surface area contributed by atoms with Crippen LogP contribution in [-0.2, 0) is 4.79 Å². The number of amides is 1. The molecule has 1 spiro atoms. The topological polar surface area (TPSA) is 43.8 Å². The molecule has 0 unspecified atom stereocenters. The minimum absolute atomic E-state index is 0.187. The average Bonchev–Trinajstić information content (AvgIpc) is 2.94. The highest BCUT2D eigenvalue weighted by atomic mass is 35.5. The number of hydrogen-bond donors (Lipinski definition) is 1. The molecular formula is C20H26Cl2N2O2. The van der Waals surface area contributed by atoms with Crippen LogP contribution < -0.4 is 4.90 Å². The lowest BCUT2D eigenvalue weighted by molar-refractivity contribution is -0.139. The van der Waals surface area contributed by atoms with Crippen molar-refractivity contribution in [1.82, 2.24) is 4.90 Å². The summed E-state index contributed by atoms with van der Waals surface area (Å²) in [5.74, 6) is 0.307. The predicted octanol–water partition coefficient (Wildman–Crippen LogP) is 4.12. The number of anilines is 1. The summed E-state index contributed by atoms with van der Waals surface area (Å²) in [7, 11) is 0. The summed E-state index contributed by atoms with van der Waals surface area (Å²) < 4.78 is 0. The molecule has 1 aliphatic carbocycles. The normalized spacial score (nSPS) is 32.5. The lowest BCUT2D eigenvalue weighted by atomic mass is 9.78. The number of piperidine rings is 1. The molecular weight excluding hydrogens is 371 g/mol. The predicted molar refractivity (Wildman–Crippen MR) is 105 cm³/mol. The molecule has 1 amide bonds. The zero-order chi connectivity index (χ0) is 18.3. The second-order valence-corrected chi connectivity index (χ2v) is 8.87. The molecule has 1 N–H and O–H groups in total. The smallest absolute Gasteiger partial charge is 0.230 e. The summed E-state index contributed by atoms with van der Waals surface area (Å²) in [4.78, 5) is 17.7. The number of carbonyl (C=O) groups is 1. The van der Waals surface area contributed by atoms with E-state index in [-0.39, 0.29) is 11.5 Å². The fraction of sp³-hybridized carbons (Fsp3) is 0.650. The molecule has 1 aromatic rings. The van der Waals surface area contributed by atoms with Crippen LogP contribution in [0.3, 0.4) is 0 Å². The molecule has 142 valence electrons. The van der Waals surface area contributed by atoms with Crippen LogP contribution in [0.5, 0.6) is 0 Å². The molecule has 2 saturated heterocycles. The third kappa shape index (κ3) is 3.21. The van der Waals surface area contributed by atoms with Gasteiger partial charge in [-0.25, -0.2) is 0 Å². The summed E-state index contributed by atoms with van der Waals surface area (Å²) in [6.07, 6.45) is 6.14. The Morgan fingerprint density at radius 3 is 2.62 bits per heavy atom. The van der Waals surface area contributed by atoms with Crippen LogP contribution in [0, 0.1) is 5.41 Å². The third-order valence-electron chi connectivity index (χ3n) is 6.50. The van der Waals surface area contributed by atoms with Crippen molar-refractivity contribution < 1.29 is 9.90 Å². The maximum absolute atomic E-state index is 13.4. The van der Waals surface area contributed by atoms with Gasteiger partial charge in [-0.3, -0.25) is 4.79 Å². The van der Waals surface area contributed by atoms with Gasteiger partial charge in [0.15, 0.2) is 0 Å². The Labute approximate surface area is 165 Å². The summed E-state index contributed by atoms with van der Waals surface area (Å²) in [5.41, 5.74) is 0.644. The van der Waals surface area contributed by atoms with Gasteiger partial charge in [-0.05, 0) is 57.1 Å². The zero-order valence-corrected chi connectivity index (χ0v) is 16.5. The molecule has 1 atom stereocenters. The molecule has 1 aromatic carbocycles. The molecule has 3 aliphatic rings. The third-order valence-corrected chi connectivity index (χ3v) is 7.31. The Morgan fingerprint density at radius 2 is 1.85 bits per heavy atom. The van der Waals surface area contributed by atoms with Crippen molar-refractivity contribution in [1.29, 1.82) is 0 Å². The van der Waals surface area contributed by atoms with Crippen molar-refractivity contribution in [3.63, 3.8) is 0 Å². The molecule has 4 nitrogen and oxygen atoms in total. The van der Waals surface area contributed by atoms with Crippen LogP contribution in [0.4, 0.5) is 5.69 Å². The van der Waals surface area contributed by atoms with Crippen LogP contribution in [0.15, 0.2) is 18.2 Å². The van der Waals surface area contributed by atoms with Crippen molar-refractivity contribution in [3.8, 4) is 0 Å². The highest BCUT2D eigenvalue weighted by Gasteiger charge is 2.50. The van der Waals surface area contributed by atoms with E-state index in [0.717, 1.165) is 70.3 Å². The fourth-order valence-electron chi connectivity index (χ4n) is 5.02. The van der Waals surface area contributed by atoms with Crippen LogP contribution in [0.2, 0.25) is 10.0 Å². The maximum Gasteiger partial charge on any atom is 0.230 e. The Morgan fingerprint density at radius 1 is 1.08 bits per heavy atom. The zero-order valence-electron chi connectivity index (χ0n) is 15.0. The van der Waals surface area contributed by atoms with E-state index in [0.29, 0.717) is 22.0 Å². The molecule has 4 rings (SSSR count). The van der Waals surface area contributed by atoms with Gasteiger partial charge in [0.1, 0.15) is 0 Å². The second-order valence-electron chi connectivity index (χ2n) is 8.09. The maximum atomic E-state index is 13.4. The quantitative estimate of drug-likeness (QED) is 0.817. The van der Waals surface area contributed by atoms with E-state index in [4.69, 9.17) is 23.2 Å². The minimum atomic E-state index is -0.292. The number of rotatable bonds is 2. The molecule has 1 saturated carbocycles. The van der Waals surface area contributed by atoms with Crippen molar-refractivity contribution in [2.75, 3.05) is 24.5 Å². The van der Waals surface area contributed by atoms with Crippen LogP contribution in [0.1, 0.15) is 44.9 Å². The van der Waals surface area contributed by atoms with Crippen molar-refractivity contribution in [2.45, 2.75) is 57.1 Å². The molecule has 2 heterocycles. The minimum Gasteiger partial charge on any atom is -0.393 e. The fourth-order valence-corrected chi connectivity index (χ4v) is 5.43. The summed E-state index contributed by atoms with van der Waals surface area (Å²) in [6.45, 7) is 2.47. The van der Waals surface area contributed by atoms with Crippen molar-refractivity contribution in [3.05, 3.63) is 28.2 Å². The van der Waals surface area contributed by atoms with E-state index in [1.807, 2.05) is 12.1 Å². The first-order chi connectivity index (χ1) is 12.5. The van der Waals surface area contributed by atoms with Crippen LogP contribution >= 0.6 is 23.2 Å². The number of carbonyl (C=O) groups excluding carboxylic acids is 1. The SMILES string of the molecule is O=C1N([C@H]2CC[C@H](O)CC2)CC[C@@]12CCCN(c1cccc(Cl)c1Cl)C2. The number of benzene rings is 1. The van der Waals surface area contributed by atoms with E-state index in [2.05, 4.69) is 9.80 Å². The Balaban J connectivity index is 1.52. The Kier molecular flexibility index (Phi) is 5.10. The number of hydrogen-bond acceptors (Lipinski definition) is 3. The number of aliphatic hydroxyl groups excluding tert-OH is 1. The largest absolute Gasteiger partial charge is 0.393 e. The van der Waals surface area contributed by atoms with Gasteiger partial charge in [0.25, 0.3) is 0 Å². The van der Waals surface area contributed by atoms with Gasteiger partial charge in [-0.1, -0.05) is 29.3 Å². The number of nitrogens with zero attached hydrogens (tertiary/aromatic N) is 2. The van der Waals surface area contributed by atoms with Gasteiger partial charge in [-0.15, -0.1) is 0 Å². The lowest BCUT2D eigenvalue weighted by Gasteiger charge is -2.41. The van der Waals surface area contributed by atoms with Gasteiger partial charge in [0.05, 0.1) is 27.3 Å². The lowest BCUT2D eigenvalue weighted by Crippen LogP contribution is -2.50. The average molecular weight is 397 g/mol. The molecule has 0 bridgehead atoms. The summed E-state index contributed by atoms with van der Waals surface area (Å²) in [5, 5.41) is 10.9. The summed E-state index contributed by atoms with van der Waals surface area (Å²) in [6, 6.07) is 6.01. The van der Waals surface area contributed by atoms with Crippen molar-refractivity contribution in [2.24, 2.45) is 5.41 Å². The molecule has 3 fully saturated rings. The van der Waals surface area contributed by atoms with Gasteiger partial charge >= 0.3 is 0 Å². The second kappa shape index (κ2) is 7.21. The van der Waals surface area contributed by atoms with Crippen LogP contribution in [0.25, 0.3) is 0 Å². The van der Waals surface area contributed by atoms with Crippen molar-refractivity contribution >= 4 is 34.8 Å². The number of likely N-dealkylation sites (tertiary alicyclic amines) is 1. The van der Waals surface area contributed by atoms with E-state index in [1.165, 1.54) is 0 Å². The Hall–Kier alpha value is -0.970. The van der Waals surface area contributed by atoms with E-state index >= 15 is 0 Å². The summed E-state index contributed by atoms with van der Waals surface area (Å²) >= 11 is 12.6. The molecule has 0 aromatic heterocycles. The van der Waals surface area contributed by atoms with Gasteiger partial charge in [0, 0.05) is 25.7 Å². The standard InChI is InChI=1S/C20H26Cl2N2O2/c21-16-3-1-4-17(18(16)22)23-11-2-9-20(13-23)10-12-24(19(20)26)14-5-7-15(25)8-6-14/h1,3-4,14-15,25H,2,5-13H2/t14-,15-,20-/m1/s1. The monoisotopic (exact) mass is 396 g/mol. The Bertz CT molecular complexity index is 690. The van der Waals surface area contributed by atoms with Gasteiger partial charge < -0.3 is 14.9 Å². The van der Waals surface area contributed by atoms with Gasteiger partial charge in [0.2, 0.25) is 5.91 Å². The molecule has 6 heteroatoms. The first kappa shape index (κ1) is 18.4.